The molecule has 0 saturated carbocycles. The van der Waals surface area contributed by atoms with Gasteiger partial charge in [0.2, 0.25) is 15.9 Å². The lowest BCUT2D eigenvalue weighted by molar-refractivity contribution is -0.123. The summed E-state index contributed by atoms with van der Waals surface area (Å²) in [6, 6.07) is 5.08. The molecule has 0 saturated heterocycles. The standard InChI is InChI=1S/C18H30N4O4S/c1-5-22(6-2)27(25,26)15-9-7-8-14(12-15)17(23)21-16(13(3)4)18(24)20-11-10-19/h7-9,12-13,16H,5-6,10-11,19H2,1-4H3,(H,20,24)(H,21,23). The highest BCUT2D eigenvalue weighted by atomic mass is 32.2. The highest BCUT2D eigenvalue weighted by Gasteiger charge is 2.26. The molecule has 0 aromatic heterocycles. The van der Waals surface area contributed by atoms with E-state index >= 15 is 0 Å². The van der Waals surface area contributed by atoms with Gasteiger partial charge in [0.25, 0.3) is 5.91 Å². The van der Waals surface area contributed by atoms with Crippen LogP contribution in [0, 0.1) is 5.92 Å². The van der Waals surface area contributed by atoms with Crippen molar-refractivity contribution in [3.63, 3.8) is 0 Å². The van der Waals surface area contributed by atoms with Crippen molar-refractivity contribution >= 4 is 21.8 Å². The molecule has 0 heterocycles. The first-order chi connectivity index (χ1) is 12.7. The predicted molar refractivity (Wildman–Crippen MR) is 105 cm³/mol. The molecule has 152 valence electrons. The molecule has 0 spiro atoms. The second kappa shape index (κ2) is 10.4. The van der Waals surface area contributed by atoms with Gasteiger partial charge in [-0.25, -0.2) is 8.42 Å². The largest absolute Gasteiger partial charge is 0.353 e. The topological polar surface area (TPSA) is 122 Å². The monoisotopic (exact) mass is 398 g/mol. The second-order valence-electron chi connectivity index (χ2n) is 6.39. The Kier molecular flexibility index (Phi) is 8.87. The first-order valence-electron chi connectivity index (χ1n) is 9.07. The molecule has 4 N–H and O–H groups in total. The van der Waals surface area contributed by atoms with Crippen LogP contribution < -0.4 is 16.4 Å². The maximum Gasteiger partial charge on any atom is 0.251 e. The van der Waals surface area contributed by atoms with Gasteiger partial charge in [-0.15, -0.1) is 0 Å². The van der Waals surface area contributed by atoms with Crippen molar-refractivity contribution in [2.24, 2.45) is 11.7 Å². The lowest BCUT2D eigenvalue weighted by Crippen LogP contribution is -2.50. The maximum atomic E-state index is 12.6. The van der Waals surface area contributed by atoms with Gasteiger partial charge < -0.3 is 16.4 Å². The summed E-state index contributed by atoms with van der Waals surface area (Å²) < 4.78 is 26.6. The Morgan fingerprint density at radius 2 is 1.81 bits per heavy atom. The summed E-state index contributed by atoms with van der Waals surface area (Å²) in [4.78, 5) is 24.9. The van der Waals surface area contributed by atoms with Crippen molar-refractivity contribution in [1.29, 1.82) is 0 Å². The quantitative estimate of drug-likeness (QED) is 0.531. The summed E-state index contributed by atoms with van der Waals surface area (Å²) in [7, 11) is -3.67. The third-order valence-electron chi connectivity index (χ3n) is 4.12. The minimum atomic E-state index is -3.67. The number of nitrogens with two attached hydrogens (primary N) is 1. The molecule has 1 atom stereocenters. The summed E-state index contributed by atoms with van der Waals surface area (Å²) in [6.07, 6.45) is 0. The van der Waals surface area contributed by atoms with E-state index in [1.54, 1.807) is 13.8 Å². The normalized spacial score (nSPS) is 12.9. The molecule has 1 unspecified atom stereocenters. The van der Waals surface area contributed by atoms with Gasteiger partial charge in [0.15, 0.2) is 0 Å². The van der Waals surface area contributed by atoms with Gasteiger partial charge in [0.1, 0.15) is 6.04 Å². The van der Waals surface area contributed by atoms with Crippen LogP contribution >= 0.6 is 0 Å². The predicted octanol–water partition coefficient (Wildman–Crippen LogP) is 0.546. The number of hydrogen-bond donors (Lipinski definition) is 3. The molecule has 0 fully saturated rings. The van der Waals surface area contributed by atoms with Crippen LogP contribution in [0.4, 0.5) is 0 Å². The molecule has 0 aliphatic carbocycles. The number of amides is 2. The zero-order valence-corrected chi connectivity index (χ0v) is 17.2. The van der Waals surface area contributed by atoms with Crippen molar-refractivity contribution in [3.05, 3.63) is 29.8 Å². The molecule has 9 heteroatoms. The lowest BCUT2D eigenvalue weighted by Gasteiger charge is -2.22. The highest BCUT2D eigenvalue weighted by Crippen LogP contribution is 2.17. The SMILES string of the molecule is CCN(CC)S(=O)(=O)c1cccc(C(=O)NC(C(=O)NCCN)C(C)C)c1. The van der Waals surface area contributed by atoms with Crippen LogP contribution in [0.25, 0.3) is 0 Å². The fraction of sp³-hybridized carbons (Fsp3) is 0.556. The number of carbonyl (C=O) groups excluding carboxylic acids is 2. The third-order valence-corrected chi connectivity index (χ3v) is 6.16. The number of hydrogen-bond acceptors (Lipinski definition) is 5. The molecular formula is C18H30N4O4S. The Labute approximate surface area is 161 Å². The molecule has 8 nitrogen and oxygen atoms in total. The average molecular weight is 399 g/mol. The summed E-state index contributed by atoms with van der Waals surface area (Å²) in [5.41, 5.74) is 5.57. The van der Waals surface area contributed by atoms with E-state index in [2.05, 4.69) is 10.6 Å². The molecule has 2 amide bonds. The van der Waals surface area contributed by atoms with Crippen molar-refractivity contribution in [2.75, 3.05) is 26.2 Å². The number of benzene rings is 1. The molecule has 0 aliphatic rings. The van der Waals surface area contributed by atoms with Crippen LogP contribution in [-0.2, 0) is 14.8 Å². The van der Waals surface area contributed by atoms with Crippen molar-refractivity contribution in [3.8, 4) is 0 Å². The number of carbonyl (C=O) groups is 2. The first-order valence-corrected chi connectivity index (χ1v) is 10.5. The molecule has 1 aromatic rings. The van der Waals surface area contributed by atoms with Crippen molar-refractivity contribution < 1.29 is 18.0 Å². The van der Waals surface area contributed by atoms with E-state index in [1.165, 1.54) is 28.6 Å². The zero-order chi connectivity index (χ0) is 20.6. The van der Waals surface area contributed by atoms with E-state index in [0.717, 1.165) is 0 Å². The third kappa shape index (κ3) is 6.02. The molecule has 0 aliphatic heterocycles. The Bertz CT molecular complexity index is 745. The number of nitrogens with zero attached hydrogens (tertiary/aromatic N) is 1. The minimum Gasteiger partial charge on any atom is -0.353 e. The molecule has 1 rings (SSSR count). The fourth-order valence-electron chi connectivity index (χ4n) is 2.58. The fourth-order valence-corrected chi connectivity index (χ4v) is 4.08. The van der Waals surface area contributed by atoms with E-state index in [1.807, 2.05) is 13.8 Å². The van der Waals surface area contributed by atoms with Gasteiger partial charge >= 0.3 is 0 Å². The number of nitrogens with one attached hydrogen (secondary N) is 2. The van der Waals surface area contributed by atoms with E-state index in [9.17, 15) is 18.0 Å². The van der Waals surface area contributed by atoms with Gasteiger partial charge in [-0.3, -0.25) is 9.59 Å². The number of rotatable bonds is 10. The van der Waals surface area contributed by atoms with Crippen LogP contribution in [-0.4, -0.2) is 56.8 Å². The minimum absolute atomic E-state index is 0.0486. The Balaban J connectivity index is 3.06. The van der Waals surface area contributed by atoms with Gasteiger partial charge in [-0.05, 0) is 24.1 Å². The first kappa shape index (κ1) is 23.1. The summed E-state index contributed by atoms with van der Waals surface area (Å²) in [5.74, 6) is -0.974. The van der Waals surface area contributed by atoms with Crippen LogP contribution in [0.2, 0.25) is 0 Å². The average Bonchev–Trinajstić information content (AvgIpc) is 2.64. The van der Waals surface area contributed by atoms with Crippen LogP contribution in [0.5, 0.6) is 0 Å². The Morgan fingerprint density at radius 3 is 2.33 bits per heavy atom. The van der Waals surface area contributed by atoms with Gasteiger partial charge in [0.05, 0.1) is 4.90 Å². The molecule has 27 heavy (non-hydrogen) atoms. The van der Waals surface area contributed by atoms with E-state index in [-0.39, 0.29) is 22.3 Å². The summed E-state index contributed by atoms with van der Waals surface area (Å²) >= 11 is 0. The smallest absolute Gasteiger partial charge is 0.251 e. The highest BCUT2D eigenvalue weighted by molar-refractivity contribution is 7.89. The van der Waals surface area contributed by atoms with Crippen LogP contribution in [0.1, 0.15) is 38.1 Å². The van der Waals surface area contributed by atoms with E-state index in [0.29, 0.717) is 26.2 Å². The van der Waals surface area contributed by atoms with Crippen molar-refractivity contribution in [2.45, 2.75) is 38.6 Å². The van der Waals surface area contributed by atoms with E-state index in [4.69, 9.17) is 5.73 Å². The zero-order valence-electron chi connectivity index (χ0n) is 16.4. The van der Waals surface area contributed by atoms with Gasteiger partial charge in [-0.2, -0.15) is 4.31 Å². The summed E-state index contributed by atoms with van der Waals surface area (Å²) in [5, 5.41) is 5.33. The van der Waals surface area contributed by atoms with Gasteiger partial charge in [-0.1, -0.05) is 33.8 Å². The molecule has 0 radical (unpaired) electrons. The van der Waals surface area contributed by atoms with Crippen molar-refractivity contribution in [1.82, 2.24) is 14.9 Å². The summed E-state index contributed by atoms with van der Waals surface area (Å²) in [6.45, 7) is 8.43. The second-order valence-corrected chi connectivity index (χ2v) is 8.33. The Hall–Kier alpha value is -1.97. The van der Waals surface area contributed by atoms with Crippen LogP contribution in [0.15, 0.2) is 29.2 Å². The molecule has 0 bridgehead atoms. The van der Waals surface area contributed by atoms with E-state index < -0.39 is 22.0 Å². The van der Waals surface area contributed by atoms with Crippen LogP contribution in [0.3, 0.4) is 0 Å². The lowest BCUT2D eigenvalue weighted by atomic mass is 10.0. The van der Waals surface area contributed by atoms with Gasteiger partial charge in [0, 0.05) is 31.7 Å². The maximum absolute atomic E-state index is 12.6. The number of sulfonamides is 1. The molecule has 1 aromatic carbocycles. The Morgan fingerprint density at radius 1 is 1.19 bits per heavy atom. The molecular weight excluding hydrogens is 368 g/mol.